The average Bonchev–Trinajstić information content (AvgIpc) is 2.38. The quantitative estimate of drug-likeness (QED) is 0.768. The lowest BCUT2D eigenvalue weighted by molar-refractivity contribution is -0.121. The standard InChI is InChI=1S/C13H21N3O3S/c1-3-6-13(17)15-9-10-16(20(2,18)19)11-12-7-4-5-8-14-12/h4-5,7-8H,3,6,9-11H2,1-2H3,(H,15,17). The lowest BCUT2D eigenvalue weighted by Gasteiger charge is -2.19. The molecule has 0 aliphatic heterocycles. The third-order valence-electron chi connectivity index (χ3n) is 2.69. The summed E-state index contributed by atoms with van der Waals surface area (Å²) in [4.78, 5) is 15.5. The van der Waals surface area contributed by atoms with Gasteiger partial charge in [-0.1, -0.05) is 13.0 Å². The van der Waals surface area contributed by atoms with Gasteiger partial charge in [0.25, 0.3) is 0 Å². The Bertz CT molecular complexity index is 517. The second-order valence-corrected chi connectivity index (χ2v) is 6.50. The van der Waals surface area contributed by atoms with Crippen LogP contribution in [0, 0.1) is 0 Å². The molecule has 0 spiro atoms. The van der Waals surface area contributed by atoms with Crippen molar-refractivity contribution in [3.05, 3.63) is 30.1 Å². The summed E-state index contributed by atoms with van der Waals surface area (Å²) in [5.41, 5.74) is 0.679. The highest BCUT2D eigenvalue weighted by molar-refractivity contribution is 7.88. The average molecular weight is 299 g/mol. The normalized spacial score (nSPS) is 11.6. The van der Waals surface area contributed by atoms with E-state index in [9.17, 15) is 13.2 Å². The fourth-order valence-corrected chi connectivity index (χ4v) is 2.46. The number of nitrogens with one attached hydrogen (secondary N) is 1. The van der Waals surface area contributed by atoms with Gasteiger partial charge in [0.2, 0.25) is 15.9 Å². The van der Waals surface area contributed by atoms with Crippen molar-refractivity contribution < 1.29 is 13.2 Å². The lowest BCUT2D eigenvalue weighted by Crippen LogP contribution is -2.37. The van der Waals surface area contributed by atoms with Gasteiger partial charge in [-0.15, -0.1) is 0 Å². The monoisotopic (exact) mass is 299 g/mol. The number of pyridine rings is 1. The van der Waals surface area contributed by atoms with Crippen LogP contribution in [0.2, 0.25) is 0 Å². The zero-order chi connectivity index (χ0) is 15.0. The number of hydrogen-bond acceptors (Lipinski definition) is 4. The summed E-state index contributed by atoms with van der Waals surface area (Å²) in [7, 11) is -3.33. The van der Waals surface area contributed by atoms with Crippen LogP contribution in [0.25, 0.3) is 0 Å². The van der Waals surface area contributed by atoms with E-state index < -0.39 is 10.0 Å². The van der Waals surface area contributed by atoms with Gasteiger partial charge in [-0.3, -0.25) is 9.78 Å². The molecule has 0 aliphatic rings. The second kappa shape index (κ2) is 7.96. The van der Waals surface area contributed by atoms with E-state index in [2.05, 4.69) is 10.3 Å². The summed E-state index contributed by atoms with van der Waals surface area (Å²) < 4.78 is 24.8. The lowest BCUT2D eigenvalue weighted by atomic mass is 10.3. The van der Waals surface area contributed by atoms with Crippen LogP contribution < -0.4 is 5.32 Å². The molecule has 1 rings (SSSR count). The van der Waals surface area contributed by atoms with Crippen LogP contribution in [0.1, 0.15) is 25.5 Å². The van der Waals surface area contributed by atoms with Crippen LogP contribution in [0.5, 0.6) is 0 Å². The number of amides is 1. The second-order valence-electron chi connectivity index (χ2n) is 4.52. The summed E-state index contributed by atoms with van der Waals surface area (Å²) in [6.07, 6.45) is 4.01. The van der Waals surface area contributed by atoms with Crippen LogP contribution in [-0.2, 0) is 21.4 Å². The van der Waals surface area contributed by atoms with Crippen molar-refractivity contribution in [2.75, 3.05) is 19.3 Å². The Morgan fingerprint density at radius 2 is 2.15 bits per heavy atom. The molecule has 0 bridgehead atoms. The zero-order valence-electron chi connectivity index (χ0n) is 11.9. The molecule has 1 aromatic heterocycles. The molecule has 0 atom stereocenters. The number of carbonyl (C=O) groups is 1. The van der Waals surface area contributed by atoms with Crippen molar-refractivity contribution in [2.24, 2.45) is 0 Å². The maximum absolute atomic E-state index is 11.7. The fraction of sp³-hybridized carbons (Fsp3) is 0.538. The molecule has 0 radical (unpaired) electrons. The maximum Gasteiger partial charge on any atom is 0.220 e. The Hall–Kier alpha value is -1.47. The van der Waals surface area contributed by atoms with Gasteiger partial charge in [0.05, 0.1) is 18.5 Å². The first kappa shape index (κ1) is 16.6. The van der Waals surface area contributed by atoms with Gasteiger partial charge in [0.1, 0.15) is 0 Å². The van der Waals surface area contributed by atoms with Crippen molar-refractivity contribution >= 4 is 15.9 Å². The molecule has 0 unspecified atom stereocenters. The van der Waals surface area contributed by atoms with Gasteiger partial charge in [-0.2, -0.15) is 4.31 Å². The molecular formula is C13H21N3O3S. The molecule has 0 saturated heterocycles. The highest BCUT2D eigenvalue weighted by Crippen LogP contribution is 2.05. The van der Waals surface area contributed by atoms with E-state index in [0.717, 1.165) is 12.7 Å². The molecule has 112 valence electrons. The summed E-state index contributed by atoms with van der Waals surface area (Å²) in [5.74, 6) is -0.0567. The summed E-state index contributed by atoms with van der Waals surface area (Å²) >= 11 is 0. The van der Waals surface area contributed by atoms with Crippen molar-refractivity contribution in [2.45, 2.75) is 26.3 Å². The Labute approximate surface area is 120 Å². The molecule has 20 heavy (non-hydrogen) atoms. The molecule has 1 N–H and O–H groups in total. The van der Waals surface area contributed by atoms with E-state index in [4.69, 9.17) is 0 Å². The highest BCUT2D eigenvalue weighted by Gasteiger charge is 2.17. The van der Waals surface area contributed by atoms with Crippen molar-refractivity contribution in [1.82, 2.24) is 14.6 Å². The van der Waals surface area contributed by atoms with E-state index >= 15 is 0 Å². The van der Waals surface area contributed by atoms with E-state index in [1.54, 1.807) is 18.3 Å². The molecule has 1 heterocycles. The summed E-state index contributed by atoms with van der Waals surface area (Å²) in [6.45, 7) is 2.68. The Balaban J connectivity index is 2.56. The van der Waals surface area contributed by atoms with Crippen molar-refractivity contribution in [3.63, 3.8) is 0 Å². The minimum atomic E-state index is -3.33. The largest absolute Gasteiger partial charge is 0.355 e. The van der Waals surface area contributed by atoms with Gasteiger partial charge < -0.3 is 5.32 Å². The van der Waals surface area contributed by atoms with Crippen molar-refractivity contribution in [1.29, 1.82) is 0 Å². The van der Waals surface area contributed by atoms with Crippen LogP contribution in [0.4, 0.5) is 0 Å². The van der Waals surface area contributed by atoms with E-state index in [-0.39, 0.29) is 19.0 Å². The number of hydrogen-bond donors (Lipinski definition) is 1. The maximum atomic E-state index is 11.7. The van der Waals surface area contributed by atoms with E-state index in [0.29, 0.717) is 18.7 Å². The fourth-order valence-electron chi connectivity index (χ4n) is 1.67. The van der Waals surface area contributed by atoms with Crippen LogP contribution in [-0.4, -0.2) is 43.0 Å². The van der Waals surface area contributed by atoms with Gasteiger partial charge in [0.15, 0.2) is 0 Å². The Morgan fingerprint density at radius 3 is 2.70 bits per heavy atom. The molecule has 1 aromatic rings. The van der Waals surface area contributed by atoms with Gasteiger partial charge in [0, 0.05) is 25.7 Å². The Kier molecular flexibility index (Phi) is 6.60. The Morgan fingerprint density at radius 1 is 1.40 bits per heavy atom. The third-order valence-corrected chi connectivity index (χ3v) is 3.94. The minimum Gasteiger partial charge on any atom is -0.355 e. The molecule has 0 aliphatic carbocycles. The number of nitrogens with zero attached hydrogens (tertiary/aromatic N) is 2. The molecule has 7 heteroatoms. The van der Waals surface area contributed by atoms with E-state index in [1.807, 2.05) is 13.0 Å². The smallest absolute Gasteiger partial charge is 0.220 e. The van der Waals surface area contributed by atoms with Gasteiger partial charge >= 0.3 is 0 Å². The topological polar surface area (TPSA) is 79.4 Å². The predicted molar refractivity (Wildman–Crippen MR) is 77.4 cm³/mol. The highest BCUT2D eigenvalue weighted by atomic mass is 32.2. The number of carbonyl (C=O) groups excluding carboxylic acids is 1. The molecular weight excluding hydrogens is 278 g/mol. The number of rotatable bonds is 8. The summed E-state index contributed by atoms with van der Waals surface area (Å²) in [6, 6.07) is 5.36. The first-order chi connectivity index (χ1) is 9.43. The summed E-state index contributed by atoms with van der Waals surface area (Å²) in [5, 5.41) is 2.71. The number of sulfonamides is 1. The minimum absolute atomic E-state index is 0.0567. The molecule has 0 aromatic carbocycles. The number of aromatic nitrogens is 1. The molecule has 0 fully saturated rings. The molecule has 6 nitrogen and oxygen atoms in total. The predicted octanol–water partition coefficient (Wildman–Crippen LogP) is 0.760. The van der Waals surface area contributed by atoms with Crippen LogP contribution in [0.3, 0.4) is 0 Å². The van der Waals surface area contributed by atoms with Crippen molar-refractivity contribution in [3.8, 4) is 0 Å². The van der Waals surface area contributed by atoms with E-state index in [1.165, 1.54) is 4.31 Å². The third kappa shape index (κ3) is 6.12. The first-order valence-corrected chi connectivity index (χ1v) is 8.40. The SMILES string of the molecule is CCCC(=O)NCCN(Cc1ccccn1)S(C)(=O)=O. The van der Waals surface area contributed by atoms with Crippen LogP contribution in [0.15, 0.2) is 24.4 Å². The zero-order valence-corrected chi connectivity index (χ0v) is 12.7. The van der Waals surface area contributed by atoms with Gasteiger partial charge in [-0.05, 0) is 18.6 Å². The van der Waals surface area contributed by atoms with Crippen LogP contribution >= 0.6 is 0 Å². The molecule has 0 saturated carbocycles. The first-order valence-electron chi connectivity index (χ1n) is 6.55. The molecule has 1 amide bonds. The van der Waals surface area contributed by atoms with Gasteiger partial charge in [-0.25, -0.2) is 8.42 Å².